The van der Waals surface area contributed by atoms with E-state index in [1.54, 1.807) is 6.07 Å². The molecule has 1 saturated carbocycles. The topological polar surface area (TPSA) is 85.2 Å². The van der Waals surface area contributed by atoms with Crippen molar-refractivity contribution < 1.29 is 4.79 Å². The number of carbonyl (C=O) groups excluding carboxylic acids is 1. The van der Waals surface area contributed by atoms with Crippen LogP contribution in [-0.4, -0.2) is 28.5 Å². The molecule has 0 aromatic carbocycles. The van der Waals surface area contributed by atoms with E-state index >= 15 is 0 Å². The number of primary amides is 1. The number of pyridine rings is 1. The summed E-state index contributed by atoms with van der Waals surface area (Å²) in [5, 5.41) is 0. The van der Waals surface area contributed by atoms with Gasteiger partial charge in [0.15, 0.2) is 0 Å². The molecule has 0 saturated heterocycles. The Balaban J connectivity index is 2.10. The second-order valence-corrected chi connectivity index (χ2v) is 4.93. The minimum absolute atomic E-state index is 0.420. The molecule has 1 aliphatic carbocycles. The third-order valence-electron chi connectivity index (χ3n) is 2.91. The maximum atomic E-state index is 11.0. The van der Waals surface area contributed by atoms with Gasteiger partial charge in [-0.3, -0.25) is 4.79 Å². The van der Waals surface area contributed by atoms with Crippen molar-refractivity contribution in [1.82, 2.24) is 4.98 Å². The summed E-state index contributed by atoms with van der Waals surface area (Å²) in [6.45, 7) is 0.767. The molecule has 1 aromatic heterocycles. The summed E-state index contributed by atoms with van der Waals surface area (Å²) in [5.41, 5.74) is 11.1. The first kappa shape index (κ1) is 12.8. The second-order valence-electron chi connectivity index (χ2n) is 4.41. The molecule has 1 amide bonds. The SMILES string of the molecule is NC(=O)c1ccc(N(CCC(N)=S)C2CC2)nc1. The van der Waals surface area contributed by atoms with Crippen molar-refractivity contribution in [3.05, 3.63) is 23.9 Å². The molecule has 0 atom stereocenters. The molecule has 0 unspecified atom stereocenters. The molecule has 1 aliphatic rings. The van der Waals surface area contributed by atoms with E-state index in [-0.39, 0.29) is 0 Å². The molecule has 1 fully saturated rings. The van der Waals surface area contributed by atoms with Crippen LogP contribution in [0.5, 0.6) is 0 Å². The molecule has 1 aromatic rings. The predicted octanol–water partition coefficient (Wildman–Crippen LogP) is 0.825. The van der Waals surface area contributed by atoms with Gasteiger partial charge in [-0.1, -0.05) is 12.2 Å². The summed E-state index contributed by atoms with van der Waals surface area (Å²) in [6.07, 6.45) is 4.51. The molecular weight excluding hydrogens is 248 g/mol. The number of aromatic nitrogens is 1. The Bertz CT molecular complexity index is 456. The number of rotatable bonds is 6. The zero-order chi connectivity index (χ0) is 13.1. The summed E-state index contributed by atoms with van der Waals surface area (Å²) < 4.78 is 0. The van der Waals surface area contributed by atoms with Crippen LogP contribution in [0.1, 0.15) is 29.6 Å². The van der Waals surface area contributed by atoms with Crippen LogP contribution in [0.25, 0.3) is 0 Å². The van der Waals surface area contributed by atoms with Crippen LogP contribution in [0.2, 0.25) is 0 Å². The van der Waals surface area contributed by atoms with Crippen LogP contribution in [-0.2, 0) is 0 Å². The fraction of sp³-hybridized carbons (Fsp3) is 0.417. The third-order valence-corrected chi connectivity index (χ3v) is 3.12. The fourth-order valence-corrected chi connectivity index (χ4v) is 1.89. The highest BCUT2D eigenvalue weighted by atomic mass is 32.1. The van der Waals surface area contributed by atoms with E-state index in [1.165, 1.54) is 6.20 Å². The Morgan fingerprint density at radius 1 is 1.44 bits per heavy atom. The van der Waals surface area contributed by atoms with Gasteiger partial charge in [-0.2, -0.15) is 0 Å². The molecule has 6 heteroatoms. The fourth-order valence-electron chi connectivity index (χ4n) is 1.80. The molecule has 0 bridgehead atoms. The van der Waals surface area contributed by atoms with Crippen molar-refractivity contribution in [2.24, 2.45) is 11.5 Å². The van der Waals surface area contributed by atoms with E-state index < -0.39 is 5.91 Å². The average Bonchev–Trinajstić information content (AvgIpc) is 3.14. The number of anilines is 1. The zero-order valence-electron chi connectivity index (χ0n) is 10.0. The standard InChI is InChI=1S/C12H16N4OS/c13-10(18)5-6-16(9-2-3-9)11-4-1-8(7-15-11)12(14)17/h1,4,7,9H,2-3,5-6H2,(H2,13,18)(H2,14,17). The summed E-state index contributed by atoms with van der Waals surface area (Å²) in [4.78, 5) is 18.0. The van der Waals surface area contributed by atoms with Crippen molar-refractivity contribution in [3.63, 3.8) is 0 Å². The van der Waals surface area contributed by atoms with Crippen molar-refractivity contribution >= 4 is 28.9 Å². The number of carbonyl (C=O) groups is 1. The van der Waals surface area contributed by atoms with E-state index in [0.29, 0.717) is 23.0 Å². The maximum absolute atomic E-state index is 11.0. The number of thiocarbonyl (C=S) groups is 1. The van der Waals surface area contributed by atoms with E-state index in [4.69, 9.17) is 23.7 Å². The predicted molar refractivity (Wildman–Crippen MR) is 74.5 cm³/mol. The van der Waals surface area contributed by atoms with Gasteiger partial charge in [0.2, 0.25) is 5.91 Å². The lowest BCUT2D eigenvalue weighted by Gasteiger charge is -2.23. The third kappa shape index (κ3) is 3.16. The Hall–Kier alpha value is -1.69. The highest BCUT2D eigenvalue weighted by Gasteiger charge is 2.29. The Morgan fingerprint density at radius 3 is 2.61 bits per heavy atom. The van der Waals surface area contributed by atoms with Gasteiger partial charge in [-0.15, -0.1) is 0 Å². The van der Waals surface area contributed by atoms with E-state index in [2.05, 4.69) is 9.88 Å². The lowest BCUT2D eigenvalue weighted by Crippen LogP contribution is -2.30. The number of nitrogens with zero attached hydrogens (tertiary/aromatic N) is 2. The van der Waals surface area contributed by atoms with Crippen LogP contribution in [0.15, 0.2) is 18.3 Å². The monoisotopic (exact) mass is 264 g/mol. The number of hydrogen-bond acceptors (Lipinski definition) is 4. The second kappa shape index (κ2) is 5.30. The van der Waals surface area contributed by atoms with Crippen LogP contribution in [0, 0.1) is 0 Å². The zero-order valence-corrected chi connectivity index (χ0v) is 10.8. The van der Waals surface area contributed by atoms with E-state index in [9.17, 15) is 4.79 Å². The highest BCUT2D eigenvalue weighted by molar-refractivity contribution is 7.80. The quantitative estimate of drug-likeness (QED) is 0.743. The molecular formula is C12H16N4OS. The van der Waals surface area contributed by atoms with Crippen molar-refractivity contribution in [2.45, 2.75) is 25.3 Å². The van der Waals surface area contributed by atoms with Crippen LogP contribution in [0.4, 0.5) is 5.82 Å². The van der Waals surface area contributed by atoms with Gasteiger partial charge in [0, 0.05) is 25.2 Å². The van der Waals surface area contributed by atoms with Gasteiger partial charge in [0.05, 0.1) is 10.6 Å². The largest absolute Gasteiger partial charge is 0.393 e. The van der Waals surface area contributed by atoms with Gasteiger partial charge in [0.1, 0.15) is 5.82 Å². The molecule has 0 spiro atoms. The number of amides is 1. The van der Waals surface area contributed by atoms with Crippen LogP contribution in [0.3, 0.4) is 0 Å². The Labute approximate surface area is 111 Å². The molecule has 96 valence electrons. The smallest absolute Gasteiger partial charge is 0.250 e. The number of hydrogen-bond donors (Lipinski definition) is 2. The van der Waals surface area contributed by atoms with Crippen molar-refractivity contribution in [2.75, 3.05) is 11.4 Å². The number of nitrogens with two attached hydrogens (primary N) is 2. The van der Waals surface area contributed by atoms with Crippen LogP contribution >= 0.6 is 12.2 Å². The molecule has 4 N–H and O–H groups in total. The first-order chi connectivity index (χ1) is 8.58. The van der Waals surface area contributed by atoms with Crippen LogP contribution < -0.4 is 16.4 Å². The highest BCUT2D eigenvalue weighted by Crippen LogP contribution is 2.30. The molecule has 1 heterocycles. The molecule has 18 heavy (non-hydrogen) atoms. The van der Waals surface area contributed by atoms with E-state index in [0.717, 1.165) is 25.2 Å². The maximum Gasteiger partial charge on any atom is 0.250 e. The lowest BCUT2D eigenvalue weighted by atomic mass is 10.2. The normalized spacial score (nSPS) is 14.2. The lowest BCUT2D eigenvalue weighted by molar-refractivity contribution is 0.1000. The first-order valence-electron chi connectivity index (χ1n) is 5.88. The van der Waals surface area contributed by atoms with Crippen molar-refractivity contribution in [1.29, 1.82) is 0 Å². The van der Waals surface area contributed by atoms with Gasteiger partial charge in [-0.05, 0) is 25.0 Å². The van der Waals surface area contributed by atoms with Gasteiger partial charge >= 0.3 is 0 Å². The van der Waals surface area contributed by atoms with Gasteiger partial charge < -0.3 is 16.4 Å². The summed E-state index contributed by atoms with van der Waals surface area (Å²) >= 11 is 4.90. The molecule has 0 aliphatic heterocycles. The summed E-state index contributed by atoms with van der Waals surface area (Å²) in [7, 11) is 0. The molecule has 5 nitrogen and oxygen atoms in total. The molecule has 2 rings (SSSR count). The Kier molecular flexibility index (Phi) is 3.76. The minimum Gasteiger partial charge on any atom is -0.393 e. The average molecular weight is 264 g/mol. The first-order valence-corrected chi connectivity index (χ1v) is 6.29. The Morgan fingerprint density at radius 2 is 2.17 bits per heavy atom. The summed E-state index contributed by atoms with van der Waals surface area (Å²) in [6, 6.07) is 4.03. The summed E-state index contributed by atoms with van der Waals surface area (Å²) in [5.74, 6) is 0.383. The van der Waals surface area contributed by atoms with Gasteiger partial charge in [-0.25, -0.2) is 4.98 Å². The molecule has 0 radical (unpaired) electrons. The van der Waals surface area contributed by atoms with E-state index in [1.807, 2.05) is 6.07 Å². The minimum atomic E-state index is -0.463. The van der Waals surface area contributed by atoms with Gasteiger partial charge in [0.25, 0.3) is 0 Å². The van der Waals surface area contributed by atoms with Crippen molar-refractivity contribution in [3.8, 4) is 0 Å².